The second-order valence-corrected chi connectivity index (χ2v) is 4.16. The van der Waals surface area contributed by atoms with Crippen molar-refractivity contribution in [2.75, 3.05) is 6.61 Å². The number of para-hydroxylation sites is 2. The molecule has 2 heterocycles. The molecule has 0 saturated carbocycles. The van der Waals surface area contributed by atoms with E-state index in [1.807, 2.05) is 29.6 Å². The molecule has 0 bridgehead atoms. The van der Waals surface area contributed by atoms with Crippen LogP contribution in [0.4, 0.5) is 0 Å². The van der Waals surface area contributed by atoms with Gasteiger partial charge in [0, 0.05) is 11.6 Å². The fourth-order valence-electron chi connectivity index (χ4n) is 1.53. The molecule has 3 nitrogen and oxygen atoms in total. The highest BCUT2D eigenvalue weighted by Gasteiger charge is 2.23. The maximum absolute atomic E-state index is 5.80. The average Bonchev–Trinajstić information content (AvgIpc) is 2.82. The molecule has 1 atom stereocenters. The fourth-order valence-corrected chi connectivity index (χ4v) is 2.19. The molecule has 0 radical (unpaired) electrons. The van der Waals surface area contributed by atoms with Gasteiger partial charge in [0.05, 0.1) is 0 Å². The molecule has 3 rings (SSSR count). The lowest BCUT2D eigenvalue weighted by Crippen LogP contribution is -2.21. The molecule has 1 aromatic carbocycles. The Balaban J connectivity index is 1.89. The minimum Gasteiger partial charge on any atom is -0.485 e. The van der Waals surface area contributed by atoms with Gasteiger partial charge in [-0.15, -0.1) is 11.3 Å². The summed E-state index contributed by atoms with van der Waals surface area (Å²) in [4.78, 5) is 4.23. The van der Waals surface area contributed by atoms with Crippen molar-refractivity contribution in [3.05, 3.63) is 40.8 Å². The van der Waals surface area contributed by atoms with Crippen molar-refractivity contribution in [2.45, 2.75) is 6.10 Å². The minimum atomic E-state index is -0.0695. The molecule has 0 amide bonds. The molecular formula is C11H9NO2S. The molecule has 4 heteroatoms. The van der Waals surface area contributed by atoms with E-state index in [-0.39, 0.29) is 6.10 Å². The molecule has 0 aliphatic carbocycles. The second kappa shape index (κ2) is 3.55. The van der Waals surface area contributed by atoms with Gasteiger partial charge in [-0.25, -0.2) is 4.98 Å². The van der Waals surface area contributed by atoms with Crippen molar-refractivity contribution >= 4 is 11.3 Å². The maximum Gasteiger partial charge on any atom is 0.184 e. The number of thiazole rings is 1. The number of benzene rings is 1. The van der Waals surface area contributed by atoms with Gasteiger partial charge in [-0.3, -0.25) is 0 Å². The summed E-state index contributed by atoms with van der Waals surface area (Å²) in [7, 11) is 0. The van der Waals surface area contributed by atoms with E-state index < -0.39 is 0 Å². The van der Waals surface area contributed by atoms with Crippen LogP contribution in [-0.4, -0.2) is 11.6 Å². The molecule has 0 saturated heterocycles. The summed E-state index contributed by atoms with van der Waals surface area (Å²) < 4.78 is 11.4. The van der Waals surface area contributed by atoms with Crippen LogP contribution in [0.5, 0.6) is 11.5 Å². The number of hydrogen-bond acceptors (Lipinski definition) is 4. The topological polar surface area (TPSA) is 31.4 Å². The first-order valence-electron chi connectivity index (χ1n) is 4.71. The zero-order valence-electron chi connectivity index (χ0n) is 7.92. The molecule has 1 aliphatic heterocycles. The van der Waals surface area contributed by atoms with Crippen LogP contribution in [0.2, 0.25) is 0 Å². The molecule has 0 N–H and O–H groups in total. The highest BCUT2D eigenvalue weighted by atomic mass is 32.1. The van der Waals surface area contributed by atoms with E-state index in [1.54, 1.807) is 17.5 Å². The van der Waals surface area contributed by atoms with Crippen LogP contribution in [0, 0.1) is 0 Å². The Kier molecular flexibility index (Phi) is 2.07. The van der Waals surface area contributed by atoms with Gasteiger partial charge in [-0.05, 0) is 12.1 Å². The molecule has 0 fully saturated rings. The molecule has 1 aromatic heterocycles. The van der Waals surface area contributed by atoms with Crippen molar-refractivity contribution in [1.82, 2.24) is 4.98 Å². The Morgan fingerprint density at radius 1 is 1.27 bits per heavy atom. The third-order valence-electron chi connectivity index (χ3n) is 2.24. The van der Waals surface area contributed by atoms with E-state index in [0.717, 1.165) is 16.5 Å². The van der Waals surface area contributed by atoms with Gasteiger partial charge >= 0.3 is 0 Å². The van der Waals surface area contributed by atoms with Crippen molar-refractivity contribution in [1.29, 1.82) is 0 Å². The number of aromatic nitrogens is 1. The third kappa shape index (κ3) is 1.57. The summed E-state index contributed by atoms with van der Waals surface area (Å²) in [6.07, 6.45) is 1.71. The Morgan fingerprint density at radius 3 is 2.93 bits per heavy atom. The monoisotopic (exact) mass is 219 g/mol. The third-order valence-corrected chi connectivity index (χ3v) is 3.10. The first kappa shape index (κ1) is 8.73. The summed E-state index contributed by atoms with van der Waals surface area (Å²) >= 11 is 1.59. The lowest BCUT2D eigenvalue weighted by atomic mass is 10.3. The predicted molar refractivity (Wildman–Crippen MR) is 57.4 cm³/mol. The first-order valence-corrected chi connectivity index (χ1v) is 5.59. The van der Waals surface area contributed by atoms with Gasteiger partial charge in [0.2, 0.25) is 0 Å². The lowest BCUT2D eigenvalue weighted by molar-refractivity contribution is 0.0911. The number of rotatable bonds is 1. The van der Waals surface area contributed by atoms with Crippen LogP contribution in [0.1, 0.15) is 11.1 Å². The molecule has 76 valence electrons. The Labute approximate surface area is 91.3 Å². The van der Waals surface area contributed by atoms with E-state index in [0.29, 0.717) is 6.61 Å². The highest BCUT2D eigenvalue weighted by molar-refractivity contribution is 7.09. The van der Waals surface area contributed by atoms with E-state index in [2.05, 4.69) is 4.98 Å². The number of fused-ring (bicyclic) bond motifs is 1. The summed E-state index contributed by atoms with van der Waals surface area (Å²) in [6, 6.07) is 7.70. The van der Waals surface area contributed by atoms with Gasteiger partial charge < -0.3 is 9.47 Å². The van der Waals surface area contributed by atoms with Crippen LogP contribution in [0.15, 0.2) is 35.8 Å². The standard InChI is InChI=1S/C11H9NO2S/c1-2-4-9-8(3-1)13-7-10(14-9)11-12-5-6-15-11/h1-6,10H,7H2. The van der Waals surface area contributed by atoms with Gasteiger partial charge in [0.15, 0.2) is 17.6 Å². The van der Waals surface area contributed by atoms with Crippen LogP contribution >= 0.6 is 11.3 Å². The fraction of sp³-hybridized carbons (Fsp3) is 0.182. The molecular weight excluding hydrogens is 210 g/mol. The van der Waals surface area contributed by atoms with Crippen molar-refractivity contribution < 1.29 is 9.47 Å². The summed E-state index contributed by atoms with van der Waals surface area (Å²) in [5.74, 6) is 1.61. The zero-order chi connectivity index (χ0) is 10.1. The number of ether oxygens (including phenoxy) is 2. The van der Waals surface area contributed by atoms with Crippen molar-refractivity contribution in [3.8, 4) is 11.5 Å². The van der Waals surface area contributed by atoms with Crippen molar-refractivity contribution in [3.63, 3.8) is 0 Å². The van der Waals surface area contributed by atoms with E-state index in [1.165, 1.54) is 0 Å². The van der Waals surface area contributed by atoms with Crippen LogP contribution in [0.3, 0.4) is 0 Å². The molecule has 1 aliphatic rings. The Hall–Kier alpha value is -1.55. The molecule has 1 unspecified atom stereocenters. The lowest BCUT2D eigenvalue weighted by Gasteiger charge is -2.24. The Morgan fingerprint density at radius 2 is 2.13 bits per heavy atom. The highest BCUT2D eigenvalue weighted by Crippen LogP contribution is 2.36. The van der Waals surface area contributed by atoms with Crippen LogP contribution in [-0.2, 0) is 0 Å². The first-order chi connectivity index (χ1) is 7.43. The molecule has 0 spiro atoms. The number of nitrogens with zero attached hydrogens (tertiary/aromatic N) is 1. The van der Waals surface area contributed by atoms with Crippen LogP contribution < -0.4 is 9.47 Å². The molecule has 15 heavy (non-hydrogen) atoms. The average molecular weight is 219 g/mol. The SMILES string of the molecule is c1ccc2c(c1)OCC(c1nccs1)O2. The second-order valence-electron chi connectivity index (χ2n) is 3.23. The number of hydrogen-bond donors (Lipinski definition) is 0. The van der Waals surface area contributed by atoms with E-state index >= 15 is 0 Å². The van der Waals surface area contributed by atoms with E-state index in [9.17, 15) is 0 Å². The van der Waals surface area contributed by atoms with Gasteiger partial charge in [-0.2, -0.15) is 0 Å². The zero-order valence-corrected chi connectivity index (χ0v) is 8.74. The largest absolute Gasteiger partial charge is 0.485 e. The van der Waals surface area contributed by atoms with Crippen LogP contribution in [0.25, 0.3) is 0 Å². The quantitative estimate of drug-likeness (QED) is 0.739. The van der Waals surface area contributed by atoms with Crippen molar-refractivity contribution in [2.24, 2.45) is 0 Å². The Bertz CT molecular complexity index is 455. The van der Waals surface area contributed by atoms with Gasteiger partial charge in [-0.1, -0.05) is 12.1 Å². The predicted octanol–water partition coefficient (Wildman–Crippen LogP) is 2.66. The summed E-state index contributed by atoms with van der Waals surface area (Å²) in [5.41, 5.74) is 0. The van der Waals surface area contributed by atoms with Gasteiger partial charge in [0.1, 0.15) is 11.6 Å². The van der Waals surface area contributed by atoms with Gasteiger partial charge in [0.25, 0.3) is 0 Å². The summed E-state index contributed by atoms with van der Waals surface area (Å²) in [5, 5.41) is 2.91. The maximum atomic E-state index is 5.80. The molecule has 2 aromatic rings. The van der Waals surface area contributed by atoms with E-state index in [4.69, 9.17) is 9.47 Å². The summed E-state index contributed by atoms with van der Waals surface area (Å²) in [6.45, 7) is 0.532. The smallest absolute Gasteiger partial charge is 0.184 e. The minimum absolute atomic E-state index is 0.0695. The normalized spacial score (nSPS) is 18.8.